The number of hydrogen-bond acceptors (Lipinski definition) is 4. The number of aliphatic hydroxyl groups is 2. The molecule has 4 heteroatoms. The molecule has 0 unspecified atom stereocenters. The molecule has 0 amide bonds. The van der Waals surface area contributed by atoms with E-state index in [2.05, 4.69) is 83.1 Å². The van der Waals surface area contributed by atoms with E-state index in [9.17, 15) is 10.2 Å². The van der Waals surface area contributed by atoms with E-state index in [0.717, 1.165) is 34.2 Å². The lowest BCUT2D eigenvalue weighted by molar-refractivity contribution is -0.110. The molecule has 0 aromatic carbocycles. The van der Waals surface area contributed by atoms with Gasteiger partial charge in [-0.15, -0.1) is 0 Å². The van der Waals surface area contributed by atoms with Crippen LogP contribution in [-0.2, 0) is 9.47 Å². The van der Waals surface area contributed by atoms with Crippen LogP contribution >= 0.6 is 0 Å². The van der Waals surface area contributed by atoms with E-state index >= 15 is 0 Å². The minimum Gasteiger partial charge on any atom is -0.465 e. The monoisotopic (exact) mass is 496 g/mol. The predicted molar refractivity (Wildman–Crippen MR) is 147 cm³/mol. The molecule has 1 saturated carbocycles. The van der Waals surface area contributed by atoms with Gasteiger partial charge >= 0.3 is 0 Å². The normalized spacial score (nSPS) is 27.6. The summed E-state index contributed by atoms with van der Waals surface area (Å²) in [4.78, 5) is 0. The SMILES string of the molecule is CC(C)(C)C1=CC(=CC2C(O)C(C=C3C=C(C(C)(C)C)OC(C(C)(C)C)=C3)C2O)C=C(C(C)(C)C)O1. The van der Waals surface area contributed by atoms with Crippen molar-refractivity contribution in [1.29, 1.82) is 0 Å². The van der Waals surface area contributed by atoms with Crippen LogP contribution < -0.4 is 0 Å². The first-order valence-electron chi connectivity index (χ1n) is 13.2. The molecule has 36 heavy (non-hydrogen) atoms. The molecule has 0 bridgehead atoms. The molecule has 2 aliphatic heterocycles. The van der Waals surface area contributed by atoms with Crippen molar-refractivity contribution in [3.63, 3.8) is 0 Å². The zero-order valence-corrected chi connectivity index (χ0v) is 24.5. The fraction of sp³-hybridized carbons (Fsp3) is 0.625. The van der Waals surface area contributed by atoms with Crippen LogP contribution in [0.3, 0.4) is 0 Å². The van der Waals surface area contributed by atoms with Gasteiger partial charge in [-0.1, -0.05) is 95.2 Å². The van der Waals surface area contributed by atoms with Crippen molar-refractivity contribution in [2.75, 3.05) is 0 Å². The first-order chi connectivity index (χ1) is 16.2. The predicted octanol–water partition coefficient (Wildman–Crippen LogP) is 7.59. The number of hydrogen-bond donors (Lipinski definition) is 2. The maximum Gasteiger partial charge on any atom is 0.109 e. The number of aliphatic hydroxyl groups excluding tert-OH is 2. The van der Waals surface area contributed by atoms with Gasteiger partial charge in [0.1, 0.15) is 23.0 Å². The second kappa shape index (κ2) is 9.36. The first-order valence-corrected chi connectivity index (χ1v) is 13.2. The van der Waals surface area contributed by atoms with E-state index in [1.165, 1.54) is 0 Å². The average Bonchev–Trinajstić information content (AvgIpc) is 2.72. The minimum atomic E-state index is -0.665. The van der Waals surface area contributed by atoms with Crippen LogP contribution in [0.1, 0.15) is 83.1 Å². The third-order valence-electron chi connectivity index (χ3n) is 6.93. The Kier molecular flexibility index (Phi) is 7.42. The van der Waals surface area contributed by atoms with Gasteiger partial charge in [0.2, 0.25) is 0 Å². The molecule has 0 atom stereocenters. The number of ether oxygens (including phenoxy) is 2. The van der Waals surface area contributed by atoms with Crippen LogP contribution in [0.2, 0.25) is 0 Å². The van der Waals surface area contributed by atoms with E-state index in [1.54, 1.807) is 0 Å². The third kappa shape index (κ3) is 6.26. The van der Waals surface area contributed by atoms with Gasteiger partial charge in [-0.3, -0.25) is 0 Å². The van der Waals surface area contributed by atoms with Crippen LogP contribution in [0.25, 0.3) is 0 Å². The highest BCUT2D eigenvalue weighted by Crippen LogP contribution is 2.44. The quantitative estimate of drug-likeness (QED) is 0.413. The second-order valence-corrected chi connectivity index (χ2v) is 14.7. The smallest absolute Gasteiger partial charge is 0.109 e. The van der Waals surface area contributed by atoms with Crippen molar-refractivity contribution in [3.8, 4) is 0 Å². The molecular formula is C32H48O4. The van der Waals surface area contributed by atoms with Gasteiger partial charge in [-0.25, -0.2) is 0 Å². The van der Waals surface area contributed by atoms with Crippen LogP contribution in [0.5, 0.6) is 0 Å². The molecule has 4 nitrogen and oxygen atoms in total. The van der Waals surface area contributed by atoms with Crippen molar-refractivity contribution in [2.45, 2.75) is 95.3 Å². The Morgan fingerprint density at radius 1 is 0.500 bits per heavy atom. The van der Waals surface area contributed by atoms with Gasteiger partial charge in [0.25, 0.3) is 0 Å². The Morgan fingerprint density at radius 3 is 0.917 bits per heavy atom. The highest BCUT2D eigenvalue weighted by Gasteiger charge is 2.47. The summed E-state index contributed by atoms with van der Waals surface area (Å²) in [6.45, 7) is 25.5. The lowest BCUT2D eigenvalue weighted by Crippen LogP contribution is -2.53. The van der Waals surface area contributed by atoms with E-state index in [0.29, 0.717) is 0 Å². The molecule has 0 saturated heterocycles. The summed E-state index contributed by atoms with van der Waals surface area (Å²) >= 11 is 0. The summed E-state index contributed by atoms with van der Waals surface area (Å²) in [7, 11) is 0. The van der Waals surface area contributed by atoms with E-state index < -0.39 is 12.2 Å². The van der Waals surface area contributed by atoms with E-state index in [-0.39, 0.29) is 33.5 Å². The highest BCUT2D eigenvalue weighted by atomic mass is 16.5. The van der Waals surface area contributed by atoms with Crippen molar-refractivity contribution in [3.05, 3.63) is 70.6 Å². The summed E-state index contributed by atoms with van der Waals surface area (Å²) in [5.41, 5.74) is 1.35. The molecule has 0 aromatic heterocycles. The van der Waals surface area contributed by atoms with Gasteiger partial charge in [0, 0.05) is 33.5 Å². The zero-order chi connectivity index (χ0) is 27.4. The van der Waals surface area contributed by atoms with Crippen molar-refractivity contribution < 1.29 is 19.7 Å². The summed E-state index contributed by atoms with van der Waals surface area (Å²) in [5.74, 6) is 2.89. The van der Waals surface area contributed by atoms with Crippen molar-refractivity contribution in [1.82, 2.24) is 0 Å². The van der Waals surface area contributed by atoms with Crippen LogP contribution in [0, 0.1) is 33.5 Å². The molecule has 200 valence electrons. The van der Waals surface area contributed by atoms with Gasteiger partial charge < -0.3 is 19.7 Å². The Balaban J connectivity index is 1.92. The lowest BCUT2D eigenvalue weighted by Gasteiger charge is -2.44. The molecule has 3 aliphatic rings. The number of allylic oxidation sites excluding steroid dienone is 10. The Bertz CT molecular complexity index is 891. The fourth-order valence-electron chi connectivity index (χ4n) is 4.33. The van der Waals surface area contributed by atoms with Gasteiger partial charge in [-0.2, -0.15) is 0 Å². The summed E-state index contributed by atoms with van der Waals surface area (Å²) in [6, 6.07) is 0. The minimum absolute atomic E-state index is 0.148. The standard InChI is InChI=1S/C32H48O4/c1-29(2,3)23-15-19(16-24(35-23)30(4,5)6)13-21-27(33)22(28(21)34)14-20-17-25(31(7,8)9)36-26(18-20)32(10,11)12/h13-18,21-22,27-28,33-34H,1-12H3. The fourth-order valence-corrected chi connectivity index (χ4v) is 4.33. The molecule has 0 spiro atoms. The van der Waals surface area contributed by atoms with Crippen LogP contribution in [0.4, 0.5) is 0 Å². The molecular weight excluding hydrogens is 448 g/mol. The van der Waals surface area contributed by atoms with Gasteiger partial charge in [0.05, 0.1) is 12.2 Å². The van der Waals surface area contributed by atoms with Crippen molar-refractivity contribution >= 4 is 0 Å². The Labute approximate surface area is 219 Å². The molecule has 3 rings (SSSR count). The number of rotatable bonds is 2. The Hall–Kier alpha value is -2.04. The molecule has 1 aliphatic carbocycles. The van der Waals surface area contributed by atoms with Gasteiger partial charge in [0.15, 0.2) is 0 Å². The second-order valence-electron chi connectivity index (χ2n) is 14.7. The summed E-state index contributed by atoms with van der Waals surface area (Å²) in [5, 5.41) is 22.2. The molecule has 2 N–H and O–H groups in total. The zero-order valence-electron chi connectivity index (χ0n) is 24.5. The molecule has 0 radical (unpaired) electrons. The van der Waals surface area contributed by atoms with Crippen LogP contribution in [0.15, 0.2) is 70.6 Å². The topological polar surface area (TPSA) is 58.9 Å². The Morgan fingerprint density at radius 2 is 0.722 bits per heavy atom. The summed E-state index contributed by atoms with van der Waals surface area (Å²) in [6.07, 6.45) is 10.8. The first kappa shape index (κ1) is 28.5. The average molecular weight is 497 g/mol. The van der Waals surface area contributed by atoms with E-state index in [1.807, 2.05) is 36.5 Å². The summed E-state index contributed by atoms with van der Waals surface area (Å²) < 4.78 is 12.5. The van der Waals surface area contributed by atoms with Crippen molar-refractivity contribution in [2.24, 2.45) is 33.5 Å². The molecule has 2 heterocycles. The third-order valence-corrected chi connectivity index (χ3v) is 6.93. The van der Waals surface area contributed by atoms with Crippen LogP contribution in [-0.4, -0.2) is 22.4 Å². The molecule has 0 aromatic rings. The maximum absolute atomic E-state index is 11.1. The lowest BCUT2D eigenvalue weighted by atomic mass is 9.67. The van der Waals surface area contributed by atoms with E-state index in [4.69, 9.17) is 9.47 Å². The van der Waals surface area contributed by atoms with Gasteiger partial charge in [-0.05, 0) is 35.5 Å². The maximum atomic E-state index is 11.1. The highest BCUT2D eigenvalue weighted by molar-refractivity contribution is 5.43. The molecule has 1 fully saturated rings. The largest absolute Gasteiger partial charge is 0.465 e.